The number of nitrogens with two attached hydrogens (primary N) is 1. The van der Waals surface area contributed by atoms with Gasteiger partial charge in [-0.25, -0.2) is 4.98 Å². The number of ether oxygens (including phenoxy) is 1. The molecule has 0 unspecified atom stereocenters. The smallest absolute Gasteiger partial charge is 0.223 e. The van der Waals surface area contributed by atoms with E-state index in [4.69, 9.17) is 10.5 Å². The molecule has 1 aliphatic rings. The van der Waals surface area contributed by atoms with Gasteiger partial charge < -0.3 is 20.8 Å². The Morgan fingerprint density at radius 3 is 3.10 bits per heavy atom. The largest absolute Gasteiger partial charge is 0.377 e. The number of aromatic amines is 1. The van der Waals surface area contributed by atoms with E-state index in [1.54, 1.807) is 12.4 Å². The van der Waals surface area contributed by atoms with Crippen molar-refractivity contribution in [2.75, 3.05) is 13.2 Å². The van der Waals surface area contributed by atoms with Gasteiger partial charge in [-0.1, -0.05) is 6.92 Å². The van der Waals surface area contributed by atoms with E-state index in [1.807, 2.05) is 0 Å². The van der Waals surface area contributed by atoms with E-state index in [0.717, 1.165) is 38.1 Å². The lowest BCUT2D eigenvalue weighted by Crippen LogP contribution is -2.46. The Bertz CT molecular complexity index is 421. The molecule has 1 amide bonds. The Kier molecular flexibility index (Phi) is 6.20. The zero-order chi connectivity index (χ0) is 15.1. The van der Waals surface area contributed by atoms with Crippen molar-refractivity contribution in [3.05, 3.63) is 18.2 Å². The zero-order valence-corrected chi connectivity index (χ0v) is 12.7. The van der Waals surface area contributed by atoms with Gasteiger partial charge >= 0.3 is 0 Å². The lowest BCUT2D eigenvalue weighted by molar-refractivity contribution is -0.127. The molecular formula is C15H26N4O2. The monoisotopic (exact) mass is 294 g/mol. The standard InChI is InChI=1S/C15H26N4O2/c1-2-9-21-13-4-3-11(10-12(13)16)15(20)19-6-5-14-17-7-8-18-14/h7-8,11-13H,2-6,9-10,16H2,1H3,(H,17,18)(H,19,20)/t11-,12+,13+/m0/s1. The summed E-state index contributed by atoms with van der Waals surface area (Å²) in [6, 6.07) is -0.0360. The number of aromatic nitrogens is 2. The van der Waals surface area contributed by atoms with E-state index in [2.05, 4.69) is 22.2 Å². The van der Waals surface area contributed by atoms with Crippen LogP contribution in [0.25, 0.3) is 0 Å². The number of carbonyl (C=O) groups excluding carboxylic acids is 1. The van der Waals surface area contributed by atoms with E-state index in [1.165, 1.54) is 0 Å². The summed E-state index contributed by atoms with van der Waals surface area (Å²) in [6.07, 6.45) is 7.77. The van der Waals surface area contributed by atoms with Crippen LogP contribution < -0.4 is 11.1 Å². The summed E-state index contributed by atoms with van der Waals surface area (Å²) in [5.74, 6) is 1.01. The predicted octanol–water partition coefficient (Wildman–Crippen LogP) is 0.991. The first kappa shape index (κ1) is 16.0. The molecule has 118 valence electrons. The van der Waals surface area contributed by atoms with Crippen LogP contribution in [0.15, 0.2) is 12.4 Å². The second kappa shape index (κ2) is 8.14. The summed E-state index contributed by atoms with van der Waals surface area (Å²) in [5, 5.41) is 2.97. The molecule has 6 nitrogen and oxygen atoms in total. The Hall–Kier alpha value is -1.40. The van der Waals surface area contributed by atoms with Gasteiger partial charge in [-0.05, 0) is 25.7 Å². The number of imidazole rings is 1. The molecule has 3 atom stereocenters. The molecule has 0 aliphatic heterocycles. The number of hydrogen-bond acceptors (Lipinski definition) is 4. The van der Waals surface area contributed by atoms with E-state index < -0.39 is 0 Å². The summed E-state index contributed by atoms with van der Waals surface area (Å²) < 4.78 is 5.73. The van der Waals surface area contributed by atoms with Gasteiger partial charge in [0, 0.05) is 43.9 Å². The van der Waals surface area contributed by atoms with Crippen molar-refractivity contribution in [1.29, 1.82) is 0 Å². The summed E-state index contributed by atoms with van der Waals surface area (Å²) in [7, 11) is 0. The lowest BCUT2D eigenvalue weighted by Gasteiger charge is -2.33. The second-order valence-electron chi connectivity index (χ2n) is 5.66. The SMILES string of the molecule is CCCO[C@@H]1CC[C@H](C(=O)NCCc2ncc[nH]2)C[C@H]1N. The molecule has 1 aliphatic carbocycles. The average Bonchev–Trinajstić information content (AvgIpc) is 2.99. The third-order valence-electron chi connectivity index (χ3n) is 3.96. The normalized spacial score (nSPS) is 25.7. The molecule has 1 aromatic rings. The molecule has 21 heavy (non-hydrogen) atoms. The van der Waals surface area contributed by atoms with Gasteiger partial charge in [0.1, 0.15) is 5.82 Å². The topological polar surface area (TPSA) is 93.0 Å². The molecule has 1 saturated carbocycles. The van der Waals surface area contributed by atoms with Crippen LogP contribution in [0.2, 0.25) is 0 Å². The highest BCUT2D eigenvalue weighted by atomic mass is 16.5. The van der Waals surface area contributed by atoms with Crippen LogP contribution >= 0.6 is 0 Å². The van der Waals surface area contributed by atoms with Gasteiger partial charge in [-0.2, -0.15) is 0 Å². The zero-order valence-electron chi connectivity index (χ0n) is 12.7. The first-order valence-corrected chi connectivity index (χ1v) is 7.83. The Labute approximate surface area is 125 Å². The lowest BCUT2D eigenvalue weighted by atomic mass is 9.83. The minimum absolute atomic E-state index is 0.0121. The minimum atomic E-state index is -0.0360. The average molecular weight is 294 g/mol. The van der Waals surface area contributed by atoms with Crippen LogP contribution in [0.4, 0.5) is 0 Å². The molecule has 0 bridgehead atoms. The van der Waals surface area contributed by atoms with Crippen molar-refractivity contribution >= 4 is 5.91 Å². The number of rotatable bonds is 7. The van der Waals surface area contributed by atoms with E-state index in [9.17, 15) is 4.79 Å². The number of nitrogens with zero attached hydrogens (tertiary/aromatic N) is 1. The molecule has 0 spiro atoms. The minimum Gasteiger partial charge on any atom is -0.377 e. The van der Waals surface area contributed by atoms with Crippen LogP contribution in [0.1, 0.15) is 38.4 Å². The fourth-order valence-corrected chi connectivity index (χ4v) is 2.78. The second-order valence-corrected chi connectivity index (χ2v) is 5.66. The van der Waals surface area contributed by atoms with Crippen molar-refractivity contribution in [2.45, 2.75) is 51.2 Å². The number of carbonyl (C=O) groups is 1. The van der Waals surface area contributed by atoms with Crippen LogP contribution in [0.5, 0.6) is 0 Å². The number of amides is 1. The third kappa shape index (κ3) is 4.82. The Morgan fingerprint density at radius 1 is 1.57 bits per heavy atom. The van der Waals surface area contributed by atoms with Gasteiger partial charge in [0.2, 0.25) is 5.91 Å². The van der Waals surface area contributed by atoms with Crippen molar-refractivity contribution in [2.24, 2.45) is 11.7 Å². The Balaban J connectivity index is 1.69. The van der Waals surface area contributed by atoms with Crippen molar-refractivity contribution in [3.63, 3.8) is 0 Å². The van der Waals surface area contributed by atoms with E-state index in [0.29, 0.717) is 13.0 Å². The summed E-state index contributed by atoms with van der Waals surface area (Å²) >= 11 is 0. The van der Waals surface area contributed by atoms with Gasteiger partial charge in [-0.15, -0.1) is 0 Å². The highest BCUT2D eigenvalue weighted by molar-refractivity contribution is 5.78. The summed E-state index contributed by atoms with van der Waals surface area (Å²) in [6.45, 7) is 3.44. The van der Waals surface area contributed by atoms with Crippen LogP contribution in [-0.2, 0) is 16.0 Å². The highest BCUT2D eigenvalue weighted by Crippen LogP contribution is 2.25. The van der Waals surface area contributed by atoms with Crippen molar-refractivity contribution in [1.82, 2.24) is 15.3 Å². The first-order chi connectivity index (χ1) is 10.2. The first-order valence-electron chi connectivity index (χ1n) is 7.83. The maximum atomic E-state index is 12.2. The highest BCUT2D eigenvalue weighted by Gasteiger charge is 2.32. The molecule has 6 heteroatoms. The van der Waals surface area contributed by atoms with Crippen molar-refractivity contribution in [3.8, 4) is 0 Å². The predicted molar refractivity (Wildman–Crippen MR) is 80.6 cm³/mol. The maximum absolute atomic E-state index is 12.2. The number of nitrogens with one attached hydrogen (secondary N) is 2. The quantitative estimate of drug-likeness (QED) is 0.699. The molecule has 4 N–H and O–H groups in total. The van der Waals surface area contributed by atoms with Gasteiger partial charge in [0.15, 0.2) is 0 Å². The van der Waals surface area contributed by atoms with Gasteiger partial charge in [0.25, 0.3) is 0 Å². The summed E-state index contributed by atoms with van der Waals surface area (Å²) in [4.78, 5) is 19.3. The molecule has 1 fully saturated rings. The fraction of sp³-hybridized carbons (Fsp3) is 0.733. The van der Waals surface area contributed by atoms with Crippen LogP contribution in [0.3, 0.4) is 0 Å². The molecule has 0 radical (unpaired) electrons. The summed E-state index contributed by atoms with van der Waals surface area (Å²) in [5.41, 5.74) is 6.13. The molecule has 0 aromatic carbocycles. The fourth-order valence-electron chi connectivity index (χ4n) is 2.78. The Morgan fingerprint density at radius 2 is 2.43 bits per heavy atom. The van der Waals surface area contributed by atoms with Gasteiger partial charge in [0.05, 0.1) is 6.10 Å². The third-order valence-corrected chi connectivity index (χ3v) is 3.96. The van der Waals surface area contributed by atoms with Crippen LogP contribution in [-0.4, -0.2) is 41.2 Å². The van der Waals surface area contributed by atoms with E-state index in [-0.39, 0.29) is 24.0 Å². The number of H-pyrrole nitrogens is 1. The van der Waals surface area contributed by atoms with E-state index >= 15 is 0 Å². The van der Waals surface area contributed by atoms with Crippen LogP contribution in [0, 0.1) is 5.92 Å². The van der Waals surface area contributed by atoms with Gasteiger partial charge in [-0.3, -0.25) is 4.79 Å². The molecule has 1 heterocycles. The maximum Gasteiger partial charge on any atom is 0.223 e. The molecule has 0 saturated heterocycles. The number of hydrogen-bond donors (Lipinski definition) is 3. The molecule has 1 aromatic heterocycles. The molecular weight excluding hydrogens is 268 g/mol. The van der Waals surface area contributed by atoms with Crippen molar-refractivity contribution < 1.29 is 9.53 Å². The molecule has 2 rings (SSSR count).